The Bertz CT molecular complexity index is 944. The average Bonchev–Trinajstić information content (AvgIpc) is 3.14. The fourth-order valence-corrected chi connectivity index (χ4v) is 4.15. The summed E-state index contributed by atoms with van der Waals surface area (Å²) in [5.74, 6) is 1.26. The third-order valence-electron chi connectivity index (χ3n) is 5.54. The molecular weight excluding hydrogens is 356 g/mol. The molecule has 2 aromatic heterocycles. The summed E-state index contributed by atoms with van der Waals surface area (Å²) in [6.45, 7) is 2.44. The second kappa shape index (κ2) is 6.99. The van der Waals surface area contributed by atoms with Gasteiger partial charge in [-0.25, -0.2) is 14.6 Å². The fourth-order valence-electron chi connectivity index (χ4n) is 4.15. The van der Waals surface area contributed by atoms with Crippen molar-refractivity contribution < 1.29 is 4.79 Å². The minimum Gasteiger partial charge on any atom is -0.338 e. The molecule has 3 aliphatic rings. The van der Waals surface area contributed by atoms with Crippen LogP contribution in [0.4, 0.5) is 5.95 Å². The van der Waals surface area contributed by atoms with Crippen LogP contribution in [0.3, 0.4) is 0 Å². The number of nitrogens with zero attached hydrogens (tertiary/aromatic N) is 8. The Morgan fingerprint density at radius 1 is 1.00 bits per heavy atom. The third-order valence-corrected chi connectivity index (χ3v) is 5.54. The van der Waals surface area contributed by atoms with E-state index in [2.05, 4.69) is 30.4 Å². The lowest BCUT2D eigenvalue weighted by Gasteiger charge is -2.36. The second-order valence-corrected chi connectivity index (χ2v) is 7.31. The smallest absolute Gasteiger partial charge is 0.254 e. The van der Waals surface area contributed by atoms with Crippen LogP contribution in [-0.2, 0) is 0 Å². The molecule has 0 radical (unpaired) electrons. The molecular formula is C19H20N8O. The number of amides is 1. The van der Waals surface area contributed by atoms with Crippen molar-refractivity contribution in [3.63, 3.8) is 0 Å². The fraction of sp³-hybridized carbons (Fsp3) is 0.368. The molecule has 5 heterocycles. The van der Waals surface area contributed by atoms with Gasteiger partial charge in [-0.2, -0.15) is 0 Å². The van der Waals surface area contributed by atoms with E-state index in [0.717, 1.165) is 44.1 Å². The number of carbonyl (C=O) groups excluding carboxylic acids is 1. The first kappa shape index (κ1) is 16.8. The Morgan fingerprint density at radius 3 is 2.57 bits per heavy atom. The van der Waals surface area contributed by atoms with Crippen LogP contribution in [0.2, 0.25) is 0 Å². The van der Waals surface area contributed by atoms with Gasteiger partial charge in [-0.15, -0.1) is 5.10 Å². The number of hydrogen-bond donors (Lipinski definition) is 0. The number of hydrogen-bond acceptors (Lipinski definition) is 7. The number of aromatic nitrogens is 6. The van der Waals surface area contributed by atoms with Gasteiger partial charge in [0, 0.05) is 43.6 Å². The van der Waals surface area contributed by atoms with Crippen LogP contribution in [0.5, 0.6) is 0 Å². The summed E-state index contributed by atoms with van der Waals surface area (Å²) >= 11 is 0. The standard InChI is InChI=1S/C19H20N8O/c28-18(15-3-6-16(7-4-15)27-13-22-23-24-27)26-11-14-2-5-17(26)12-25(10-14)19-20-8-1-9-21-19/h1,3-4,6-9,13-14,17H,2,5,10-12H2/t14-,17+/m0/s1. The lowest BCUT2D eigenvalue weighted by atomic mass is 9.94. The molecule has 1 aromatic carbocycles. The van der Waals surface area contributed by atoms with Crippen molar-refractivity contribution in [1.82, 2.24) is 35.1 Å². The predicted octanol–water partition coefficient (Wildman–Crippen LogP) is 1.19. The summed E-state index contributed by atoms with van der Waals surface area (Å²) in [6, 6.07) is 9.42. The summed E-state index contributed by atoms with van der Waals surface area (Å²) in [5, 5.41) is 11.2. The molecule has 0 N–H and O–H groups in total. The number of tetrazole rings is 1. The lowest BCUT2D eigenvalue weighted by molar-refractivity contribution is 0.0592. The molecule has 9 nitrogen and oxygen atoms in total. The summed E-state index contributed by atoms with van der Waals surface area (Å²) in [5.41, 5.74) is 1.51. The zero-order valence-corrected chi connectivity index (χ0v) is 15.3. The number of carbonyl (C=O) groups is 1. The number of benzene rings is 1. The molecule has 3 saturated heterocycles. The van der Waals surface area contributed by atoms with Gasteiger partial charge in [0.25, 0.3) is 5.91 Å². The van der Waals surface area contributed by atoms with E-state index in [0.29, 0.717) is 11.5 Å². The highest BCUT2D eigenvalue weighted by molar-refractivity contribution is 5.94. The third kappa shape index (κ3) is 3.08. The van der Waals surface area contributed by atoms with Gasteiger partial charge in [-0.3, -0.25) is 4.79 Å². The van der Waals surface area contributed by atoms with Crippen molar-refractivity contribution >= 4 is 11.9 Å². The maximum Gasteiger partial charge on any atom is 0.254 e. The number of rotatable bonds is 3. The van der Waals surface area contributed by atoms with Gasteiger partial charge < -0.3 is 9.80 Å². The molecule has 2 bridgehead atoms. The zero-order chi connectivity index (χ0) is 18.9. The van der Waals surface area contributed by atoms with Gasteiger partial charge in [-0.1, -0.05) is 0 Å². The van der Waals surface area contributed by atoms with E-state index < -0.39 is 0 Å². The molecule has 3 aliphatic heterocycles. The maximum atomic E-state index is 13.2. The largest absolute Gasteiger partial charge is 0.338 e. The Labute approximate surface area is 162 Å². The highest BCUT2D eigenvalue weighted by atomic mass is 16.2. The molecule has 9 heteroatoms. The lowest BCUT2D eigenvalue weighted by Crippen LogP contribution is -2.47. The number of piperidine rings is 1. The van der Waals surface area contributed by atoms with Gasteiger partial charge in [-0.05, 0) is 59.5 Å². The highest BCUT2D eigenvalue weighted by Gasteiger charge is 2.38. The Hall–Kier alpha value is -3.36. The molecule has 1 amide bonds. The SMILES string of the molecule is O=C(c1ccc(-n2cnnn2)cc1)N1C[C@H]2CC[C@@H]1CN(c1ncccn1)C2. The summed E-state index contributed by atoms with van der Waals surface area (Å²) < 4.78 is 1.57. The molecule has 6 rings (SSSR count). The first-order chi connectivity index (χ1) is 13.8. The van der Waals surface area contributed by atoms with Crippen molar-refractivity contribution in [1.29, 1.82) is 0 Å². The van der Waals surface area contributed by atoms with Crippen LogP contribution >= 0.6 is 0 Å². The average molecular weight is 376 g/mol. The van der Waals surface area contributed by atoms with Crippen LogP contribution < -0.4 is 4.90 Å². The quantitative estimate of drug-likeness (QED) is 0.678. The molecule has 0 unspecified atom stereocenters. The summed E-state index contributed by atoms with van der Waals surface area (Å²) in [6.07, 6.45) is 7.22. The van der Waals surface area contributed by atoms with E-state index in [-0.39, 0.29) is 11.9 Å². The number of anilines is 1. The molecule has 0 spiro atoms. The van der Waals surface area contributed by atoms with Crippen molar-refractivity contribution in [3.05, 3.63) is 54.6 Å². The maximum absolute atomic E-state index is 13.2. The van der Waals surface area contributed by atoms with Crippen LogP contribution in [-0.4, -0.2) is 66.7 Å². The zero-order valence-electron chi connectivity index (χ0n) is 15.3. The normalized spacial score (nSPS) is 21.6. The van der Waals surface area contributed by atoms with Crippen LogP contribution in [0.25, 0.3) is 5.69 Å². The molecule has 3 fully saturated rings. The predicted molar refractivity (Wildman–Crippen MR) is 101 cm³/mol. The first-order valence-corrected chi connectivity index (χ1v) is 9.44. The Morgan fingerprint density at radius 2 is 1.82 bits per heavy atom. The van der Waals surface area contributed by atoms with E-state index in [1.807, 2.05) is 35.2 Å². The van der Waals surface area contributed by atoms with Gasteiger partial charge in [0.15, 0.2) is 0 Å². The Balaban J connectivity index is 1.35. The minimum absolute atomic E-state index is 0.0776. The van der Waals surface area contributed by atoms with Gasteiger partial charge in [0.2, 0.25) is 5.95 Å². The van der Waals surface area contributed by atoms with Gasteiger partial charge >= 0.3 is 0 Å². The monoisotopic (exact) mass is 376 g/mol. The molecule has 0 aliphatic carbocycles. The van der Waals surface area contributed by atoms with Crippen molar-refractivity contribution in [2.75, 3.05) is 24.5 Å². The van der Waals surface area contributed by atoms with E-state index in [9.17, 15) is 4.79 Å². The van der Waals surface area contributed by atoms with Gasteiger partial charge in [0.05, 0.1) is 5.69 Å². The van der Waals surface area contributed by atoms with Crippen LogP contribution in [0, 0.1) is 5.92 Å². The van der Waals surface area contributed by atoms with Crippen molar-refractivity contribution in [3.8, 4) is 5.69 Å². The molecule has 28 heavy (non-hydrogen) atoms. The molecule has 2 atom stereocenters. The summed E-state index contributed by atoms with van der Waals surface area (Å²) in [4.78, 5) is 26.3. The van der Waals surface area contributed by atoms with E-state index in [1.54, 1.807) is 17.1 Å². The molecule has 142 valence electrons. The van der Waals surface area contributed by atoms with E-state index in [1.165, 1.54) is 6.33 Å². The molecule has 0 saturated carbocycles. The second-order valence-electron chi connectivity index (χ2n) is 7.31. The van der Waals surface area contributed by atoms with E-state index in [4.69, 9.17) is 0 Å². The minimum atomic E-state index is 0.0776. The van der Waals surface area contributed by atoms with E-state index >= 15 is 0 Å². The highest BCUT2D eigenvalue weighted by Crippen LogP contribution is 2.30. The number of fused-ring (bicyclic) bond motifs is 4. The van der Waals surface area contributed by atoms with Crippen molar-refractivity contribution in [2.24, 2.45) is 5.92 Å². The first-order valence-electron chi connectivity index (χ1n) is 9.44. The topological polar surface area (TPSA) is 92.9 Å². The summed E-state index contributed by atoms with van der Waals surface area (Å²) in [7, 11) is 0. The van der Waals surface area contributed by atoms with Crippen LogP contribution in [0.1, 0.15) is 23.2 Å². The van der Waals surface area contributed by atoms with Crippen LogP contribution in [0.15, 0.2) is 49.1 Å². The molecule has 3 aromatic rings. The van der Waals surface area contributed by atoms with Gasteiger partial charge in [0.1, 0.15) is 6.33 Å². The van der Waals surface area contributed by atoms with Crippen molar-refractivity contribution in [2.45, 2.75) is 18.9 Å². The Kier molecular flexibility index (Phi) is 4.19.